The third kappa shape index (κ3) is 7.87. The maximum Gasteiger partial charge on any atom is 0.243 e. The Kier molecular flexibility index (Phi) is 9.56. The SMILES string of the molecule is C[C@H](NC(=O)CN1CCOCC1)C(=O)N[C@@H](Cc1ccco1)C(=O)N[C@@H](CC1CCCC1)C(=O)[C@@]1(C)CO1. The number of ketones is 1. The summed E-state index contributed by atoms with van der Waals surface area (Å²) in [6.45, 7) is 6.29. The second-order valence-corrected chi connectivity index (χ2v) is 10.9. The van der Waals surface area contributed by atoms with Crippen LogP contribution in [0.15, 0.2) is 22.8 Å². The first-order chi connectivity index (χ1) is 18.2. The molecule has 11 nitrogen and oxygen atoms in total. The molecule has 1 aromatic heterocycles. The van der Waals surface area contributed by atoms with Crippen molar-refractivity contribution in [2.75, 3.05) is 39.5 Å². The van der Waals surface area contributed by atoms with Crippen LogP contribution in [0.3, 0.4) is 0 Å². The van der Waals surface area contributed by atoms with E-state index in [1.54, 1.807) is 26.0 Å². The van der Waals surface area contributed by atoms with Crippen LogP contribution >= 0.6 is 0 Å². The Labute approximate surface area is 223 Å². The monoisotopic (exact) mass is 532 g/mol. The minimum Gasteiger partial charge on any atom is -0.469 e. The van der Waals surface area contributed by atoms with Gasteiger partial charge in [0.05, 0.1) is 38.7 Å². The topological polar surface area (TPSA) is 143 Å². The van der Waals surface area contributed by atoms with Crippen molar-refractivity contribution in [1.29, 1.82) is 0 Å². The van der Waals surface area contributed by atoms with Crippen LogP contribution in [-0.4, -0.2) is 91.6 Å². The van der Waals surface area contributed by atoms with E-state index >= 15 is 0 Å². The lowest BCUT2D eigenvalue weighted by atomic mass is 9.90. The first kappa shape index (κ1) is 28.3. The smallest absolute Gasteiger partial charge is 0.243 e. The Morgan fingerprint density at radius 2 is 1.74 bits per heavy atom. The van der Waals surface area contributed by atoms with Crippen molar-refractivity contribution in [2.24, 2.45) is 5.92 Å². The standard InChI is InChI=1S/C27H40N4O7/c1-18(28-23(32)16-31-9-12-36-13-10-31)25(34)30-22(15-20-8-5-11-37-20)26(35)29-21(14-19-6-3-4-7-19)24(33)27(2)17-38-27/h5,8,11,18-19,21-22H,3-4,6-7,9-10,12-17H2,1-2H3,(H,28,32)(H,29,35)(H,30,34)/t18-,21-,22-,27+/m0/s1. The predicted octanol–water partition coefficient (Wildman–Crippen LogP) is 0.567. The molecule has 2 aliphatic heterocycles. The van der Waals surface area contributed by atoms with Gasteiger partial charge in [-0.15, -0.1) is 0 Å². The number of nitrogens with zero attached hydrogens (tertiary/aromatic N) is 1. The number of carbonyl (C=O) groups is 4. The maximum absolute atomic E-state index is 13.5. The van der Waals surface area contributed by atoms with Crippen LogP contribution < -0.4 is 16.0 Å². The molecule has 0 unspecified atom stereocenters. The quantitative estimate of drug-likeness (QED) is 0.313. The third-order valence-electron chi connectivity index (χ3n) is 7.64. The van der Waals surface area contributed by atoms with E-state index in [9.17, 15) is 19.2 Å². The van der Waals surface area contributed by atoms with Gasteiger partial charge < -0.3 is 29.8 Å². The summed E-state index contributed by atoms with van der Waals surface area (Å²) in [5.74, 6) is -0.492. The van der Waals surface area contributed by atoms with Crippen LogP contribution in [0, 0.1) is 5.92 Å². The minimum absolute atomic E-state index is 0.108. The van der Waals surface area contributed by atoms with Gasteiger partial charge in [0, 0.05) is 19.5 Å². The van der Waals surface area contributed by atoms with E-state index in [-0.39, 0.29) is 24.7 Å². The molecule has 4 atom stereocenters. The molecular weight excluding hydrogens is 492 g/mol. The van der Waals surface area contributed by atoms with E-state index in [0.29, 0.717) is 51.0 Å². The zero-order chi connectivity index (χ0) is 27.1. The second kappa shape index (κ2) is 12.9. The van der Waals surface area contributed by atoms with Crippen molar-refractivity contribution in [3.63, 3.8) is 0 Å². The van der Waals surface area contributed by atoms with Crippen LogP contribution in [0.4, 0.5) is 0 Å². The van der Waals surface area contributed by atoms with E-state index in [4.69, 9.17) is 13.9 Å². The Hall–Kier alpha value is -2.76. The molecule has 0 aromatic carbocycles. The number of ether oxygens (including phenoxy) is 2. The molecule has 3 amide bonds. The summed E-state index contributed by atoms with van der Waals surface area (Å²) in [6.07, 6.45) is 6.48. The second-order valence-electron chi connectivity index (χ2n) is 10.9. The predicted molar refractivity (Wildman–Crippen MR) is 137 cm³/mol. The molecule has 0 spiro atoms. The average molecular weight is 533 g/mol. The summed E-state index contributed by atoms with van der Waals surface area (Å²) < 4.78 is 16.1. The minimum atomic E-state index is -0.987. The fourth-order valence-electron chi connectivity index (χ4n) is 5.15. The van der Waals surface area contributed by atoms with E-state index in [1.807, 2.05) is 4.90 Å². The molecule has 210 valence electrons. The fourth-order valence-corrected chi connectivity index (χ4v) is 5.15. The van der Waals surface area contributed by atoms with Gasteiger partial charge >= 0.3 is 0 Å². The van der Waals surface area contributed by atoms with Crippen LogP contribution in [-0.2, 0) is 35.1 Å². The van der Waals surface area contributed by atoms with Crippen molar-refractivity contribution < 1.29 is 33.1 Å². The van der Waals surface area contributed by atoms with Crippen molar-refractivity contribution in [3.8, 4) is 0 Å². The molecule has 1 aliphatic carbocycles. The van der Waals surface area contributed by atoms with Crippen molar-refractivity contribution in [1.82, 2.24) is 20.9 Å². The number of hydrogen-bond donors (Lipinski definition) is 3. The molecule has 3 N–H and O–H groups in total. The number of furan rings is 1. The largest absolute Gasteiger partial charge is 0.469 e. The molecule has 3 fully saturated rings. The van der Waals surface area contributed by atoms with E-state index in [2.05, 4.69) is 16.0 Å². The summed E-state index contributed by atoms with van der Waals surface area (Å²) in [6, 6.07) is 0.891. The number of rotatable bonds is 13. The summed E-state index contributed by atoms with van der Waals surface area (Å²) in [7, 11) is 0. The third-order valence-corrected chi connectivity index (χ3v) is 7.64. The van der Waals surface area contributed by atoms with Gasteiger partial charge in [0.25, 0.3) is 0 Å². The van der Waals surface area contributed by atoms with Gasteiger partial charge in [-0.25, -0.2) is 0 Å². The zero-order valence-corrected chi connectivity index (χ0v) is 22.3. The zero-order valence-electron chi connectivity index (χ0n) is 22.3. The molecule has 2 saturated heterocycles. The van der Waals surface area contributed by atoms with Crippen LogP contribution in [0.1, 0.15) is 51.7 Å². The highest BCUT2D eigenvalue weighted by molar-refractivity contribution is 5.98. The van der Waals surface area contributed by atoms with Crippen molar-refractivity contribution >= 4 is 23.5 Å². The van der Waals surface area contributed by atoms with E-state index < -0.39 is 35.5 Å². The highest BCUT2D eigenvalue weighted by Crippen LogP contribution is 2.33. The number of epoxide rings is 1. The first-order valence-corrected chi connectivity index (χ1v) is 13.6. The summed E-state index contributed by atoms with van der Waals surface area (Å²) in [5.41, 5.74) is -0.865. The number of morpholine rings is 1. The number of Topliss-reactive ketones (excluding diaryl/α,β-unsaturated/α-hetero) is 1. The molecule has 38 heavy (non-hydrogen) atoms. The first-order valence-electron chi connectivity index (χ1n) is 13.6. The van der Waals surface area contributed by atoms with Crippen molar-refractivity contribution in [3.05, 3.63) is 24.2 Å². The molecule has 11 heteroatoms. The Morgan fingerprint density at radius 1 is 1.05 bits per heavy atom. The summed E-state index contributed by atoms with van der Waals surface area (Å²) in [5, 5.41) is 8.37. The lowest BCUT2D eigenvalue weighted by molar-refractivity contribution is -0.134. The fraction of sp³-hybridized carbons (Fsp3) is 0.704. The Bertz CT molecular complexity index is 966. The van der Waals surface area contributed by atoms with Gasteiger partial charge in [-0.1, -0.05) is 25.7 Å². The molecule has 3 heterocycles. The van der Waals surface area contributed by atoms with Gasteiger partial charge in [-0.05, 0) is 38.3 Å². The van der Waals surface area contributed by atoms with Gasteiger partial charge in [0.15, 0.2) is 5.78 Å². The van der Waals surface area contributed by atoms with Gasteiger partial charge in [0.1, 0.15) is 23.4 Å². The van der Waals surface area contributed by atoms with E-state index in [0.717, 1.165) is 25.7 Å². The number of nitrogens with one attached hydrogen (secondary N) is 3. The van der Waals surface area contributed by atoms with E-state index in [1.165, 1.54) is 6.26 Å². The molecule has 0 bridgehead atoms. The molecular formula is C27H40N4O7. The number of carbonyl (C=O) groups excluding carboxylic acids is 4. The molecule has 1 aromatic rings. The van der Waals surface area contributed by atoms with Crippen molar-refractivity contribution in [2.45, 2.75) is 76.1 Å². The van der Waals surface area contributed by atoms with Gasteiger partial charge in [-0.2, -0.15) is 0 Å². The number of hydrogen-bond acceptors (Lipinski definition) is 8. The van der Waals surface area contributed by atoms with Crippen LogP contribution in [0.5, 0.6) is 0 Å². The van der Waals surface area contributed by atoms with Crippen LogP contribution in [0.2, 0.25) is 0 Å². The lowest BCUT2D eigenvalue weighted by Crippen LogP contribution is -2.57. The lowest BCUT2D eigenvalue weighted by Gasteiger charge is -2.27. The Balaban J connectivity index is 1.38. The van der Waals surface area contributed by atoms with Crippen LogP contribution in [0.25, 0.3) is 0 Å². The van der Waals surface area contributed by atoms with Gasteiger partial charge in [-0.3, -0.25) is 24.1 Å². The Morgan fingerprint density at radius 3 is 2.37 bits per heavy atom. The molecule has 1 saturated carbocycles. The highest BCUT2D eigenvalue weighted by Gasteiger charge is 2.50. The highest BCUT2D eigenvalue weighted by atomic mass is 16.6. The molecule has 0 radical (unpaired) electrons. The summed E-state index contributed by atoms with van der Waals surface area (Å²) in [4.78, 5) is 54.1. The average Bonchev–Trinajstić information content (AvgIpc) is 3.26. The summed E-state index contributed by atoms with van der Waals surface area (Å²) >= 11 is 0. The normalized spacial score (nSPS) is 24.3. The molecule has 4 rings (SSSR count). The number of amides is 3. The molecule has 3 aliphatic rings. The maximum atomic E-state index is 13.5. The van der Waals surface area contributed by atoms with Gasteiger partial charge in [0.2, 0.25) is 17.7 Å².